The zero-order valence-corrected chi connectivity index (χ0v) is 21.1. The van der Waals surface area contributed by atoms with Crippen LogP contribution in [-0.2, 0) is 4.74 Å². The van der Waals surface area contributed by atoms with Gasteiger partial charge in [0.05, 0.1) is 24.8 Å². The molecule has 1 aliphatic rings. The summed E-state index contributed by atoms with van der Waals surface area (Å²) in [6, 6.07) is 13.4. The average Bonchev–Trinajstić information content (AvgIpc) is 3.32. The first-order valence-corrected chi connectivity index (χ1v) is 11.9. The Balaban J connectivity index is 1.70. The van der Waals surface area contributed by atoms with Crippen LogP contribution in [0.5, 0.6) is 5.75 Å². The molecule has 0 radical (unpaired) electrons. The number of allylic oxidation sites excluding steroid dienone is 1. The van der Waals surface area contributed by atoms with E-state index in [0.717, 1.165) is 29.0 Å². The number of methoxy groups -OCH3 is 1. The van der Waals surface area contributed by atoms with Gasteiger partial charge in [0, 0.05) is 24.4 Å². The minimum absolute atomic E-state index is 0.167. The Kier molecular flexibility index (Phi) is 7.77. The molecule has 2 heterocycles. The molecule has 0 spiro atoms. The fraction of sp³-hybridized carbons (Fsp3) is 0.346. The van der Waals surface area contributed by atoms with Gasteiger partial charge in [-0.2, -0.15) is 4.98 Å². The number of benzene rings is 2. The fourth-order valence-corrected chi connectivity index (χ4v) is 4.34. The smallest absolute Gasteiger partial charge is 0.258 e. The zero-order chi connectivity index (χ0) is 24.9. The number of aromatic nitrogens is 2. The standard InChI is InChI=1S/C26H29FN4O3S/c1-16(2)33-14-6-13-31-17(3)22(23(28-26(31)35)19-7-5-8-20(27)15-19)25-29-24(30-34-25)18-9-11-21(32-4)12-10-18/h5,7-12,15-16,23H,6,13-14H2,1-4H3,(H,28,35). The molecule has 9 heteroatoms. The van der Waals surface area contributed by atoms with Gasteiger partial charge in [0.1, 0.15) is 11.6 Å². The molecule has 0 fully saturated rings. The second kappa shape index (κ2) is 11.0. The van der Waals surface area contributed by atoms with E-state index < -0.39 is 6.04 Å². The lowest BCUT2D eigenvalue weighted by molar-refractivity contribution is 0.0749. The fourth-order valence-electron chi connectivity index (χ4n) is 4.00. The largest absolute Gasteiger partial charge is 0.497 e. The van der Waals surface area contributed by atoms with E-state index in [9.17, 15) is 4.39 Å². The molecule has 2 aromatic carbocycles. The van der Waals surface area contributed by atoms with Crippen molar-refractivity contribution in [3.05, 3.63) is 71.5 Å². The molecule has 0 amide bonds. The number of hydrogen-bond acceptors (Lipinski definition) is 6. The Morgan fingerprint density at radius 1 is 1.20 bits per heavy atom. The van der Waals surface area contributed by atoms with Gasteiger partial charge < -0.3 is 24.2 Å². The Hall–Kier alpha value is -3.30. The van der Waals surface area contributed by atoms with Crippen molar-refractivity contribution in [3.8, 4) is 17.1 Å². The molecule has 0 bridgehead atoms. The molecule has 3 aromatic rings. The summed E-state index contributed by atoms with van der Waals surface area (Å²) in [6.45, 7) is 7.26. The van der Waals surface area contributed by atoms with Gasteiger partial charge in [-0.15, -0.1) is 0 Å². The first-order chi connectivity index (χ1) is 16.9. The van der Waals surface area contributed by atoms with Crippen LogP contribution in [0.2, 0.25) is 0 Å². The van der Waals surface area contributed by atoms with E-state index in [1.807, 2.05) is 56.0 Å². The highest BCUT2D eigenvalue weighted by Crippen LogP contribution is 2.37. The number of nitrogens with one attached hydrogen (secondary N) is 1. The van der Waals surface area contributed by atoms with E-state index in [2.05, 4.69) is 15.5 Å². The van der Waals surface area contributed by atoms with Crippen molar-refractivity contribution in [3.63, 3.8) is 0 Å². The average molecular weight is 497 g/mol. The molecule has 35 heavy (non-hydrogen) atoms. The van der Waals surface area contributed by atoms with Gasteiger partial charge in [-0.3, -0.25) is 0 Å². The highest BCUT2D eigenvalue weighted by Gasteiger charge is 2.34. The highest BCUT2D eigenvalue weighted by molar-refractivity contribution is 7.80. The van der Waals surface area contributed by atoms with Crippen LogP contribution in [0.3, 0.4) is 0 Å². The maximum atomic E-state index is 14.1. The Labute approximate surface area is 209 Å². The number of rotatable bonds is 9. The second-order valence-electron chi connectivity index (χ2n) is 8.51. The van der Waals surface area contributed by atoms with E-state index in [0.29, 0.717) is 35.5 Å². The van der Waals surface area contributed by atoms with Crippen molar-refractivity contribution in [2.75, 3.05) is 20.3 Å². The summed E-state index contributed by atoms with van der Waals surface area (Å²) in [4.78, 5) is 6.68. The zero-order valence-electron chi connectivity index (χ0n) is 20.2. The summed E-state index contributed by atoms with van der Waals surface area (Å²) in [5, 5.41) is 8.11. The first-order valence-electron chi connectivity index (χ1n) is 11.5. The van der Waals surface area contributed by atoms with Crippen molar-refractivity contribution >= 4 is 22.9 Å². The van der Waals surface area contributed by atoms with E-state index in [4.69, 9.17) is 26.2 Å². The van der Waals surface area contributed by atoms with Gasteiger partial charge in [0.2, 0.25) is 5.82 Å². The SMILES string of the molecule is COc1ccc(-c2noc(C3=C(C)N(CCCOC(C)C)C(=S)NC3c3cccc(F)c3)n2)cc1. The predicted octanol–water partition coefficient (Wildman–Crippen LogP) is 5.36. The molecule has 1 N–H and O–H groups in total. The van der Waals surface area contributed by atoms with E-state index >= 15 is 0 Å². The molecule has 0 saturated heterocycles. The van der Waals surface area contributed by atoms with Gasteiger partial charge in [-0.05, 0) is 81.4 Å². The van der Waals surface area contributed by atoms with Crippen molar-refractivity contribution in [2.45, 2.75) is 39.3 Å². The van der Waals surface area contributed by atoms with Gasteiger partial charge in [0.25, 0.3) is 5.89 Å². The quantitative estimate of drug-likeness (QED) is 0.314. The third kappa shape index (κ3) is 5.68. The van der Waals surface area contributed by atoms with Gasteiger partial charge in [-0.1, -0.05) is 17.3 Å². The minimum Gasteiger partial charge on any atom is -0.497 e. The molecule has 1 aliphatic heterocycles. The number of halogens is 1. The maximum Gasteiger partial charge on any atom is 0.258 e. The van der Waals surface area contributed by atoms with Crippen molar-refractivity contribution in [1.29, 1.82) is 0 Å². The lowest BCUT2D eigenvalue weighted by atomic mass is 9.94. The van der Waals surface area contributed by atoms with Gasteiger partial charge >= 0.3 is 0 Å². The van der Waals surface area contributed by atoms with Crippen LogP contribution in [-0.4, -0.2) is 46.5 Å². The topological polar surface area (TPSA) is 72.7 Å². The maximum absolute atomic E-state index is 14.1. The summed E-state index contributed by atoms with van der Waals surface area (Å²) < 4.78 is 30.8. The van der Waals surface area contributed by atoms with Crippen LogP contribution in [0.4, 0.5) is 4.39 Å². The number of thiocarbonyl (C=S) groups is 1. The van der Waals surface area contributed by atoms with Crippen LogP contribution in [0.15, 0.2) is 58.8 Å². The van der Waals surface area contributed by atoms with Crippen molar-refractivity contribution in [1.82, 2.24) is 20.4 Å². The van der Waals surface area contributed by atoms with E-state index in [-0.39, 0.29) is 11.9 Å². The normalized spacial score (nSPS) is 16.1. The molecular weight excluding hydrogens is 467 g/mol. The Morgan fingerprint density at radius 2 is 1.97 bits per heavy atom. The lowest BCUT2D eigenvalue weighted by Crippen LogP contribution is -2.46. The molecule has 0 aliphatic carbocycles. The van der Waals surface area contributed by atoms with Crippen LogP contribution < -0.4 is 10.1 Å². The summed E-state index contributed by atoms with van der Waals surface area (Å²) >= 11 is 5.69. The first kappa shape index (κ1) is 24.8. The molecule has 7 nitrogen and oxygen atoms in total. The third-order valence-corrected chi connectivity index (χ3v) is 6.10. The van der Waals surface area contributed by atoms with Gasteiger partial charge in [-0.25, -0.2) is 4.39 Å². The second-order valence-corrected chi connectivity index (χ2v) is 8.90. The minimum atomic E-state index is -0.439. The molecule has 4 rings (SSSR count). The number of ether oxygens (including phenoxy) is 2. The van der Waals surface area contributed by atoms with E-state index in [1.165, 1.54) is 12.1 Å². The van der Waals surface area contributed by atoms with Crippen molar-refractivity contribution < 1.29 is 18.4 Å². The van der Waals surface area contributed by atoms with Crippen molar-refractivity contribution in [2.24, 2.45) is 0 Å². The van der Waals surface area contributed by atoms with Crippen LogP contribution in [0.25, 0.3) is 17.0 Å². The van der Waals surface area contributed by atoms with Crippen LogP contribution >= 0.6 is 12.2 Å². The summed E-state index contributed by atoms with van der Waals surface area (Å²) in [6.07, 6.45) is 0.955. The Morgan fingerprint density at radius 3 is 2.66 bits per heavy atom. The molecule has 1 unspecified atom stereocenters. The van der Waals surface area contributed by atoms with Crippen LogP contribution in [0.1, 0.15) is 44.7 Å². The molecular formula is C26H29FN4O3S. The summed E-state index contributed by atoms with van der Waals surface area (Å²) in [5.41, 5.74) is 3.13. The highest BCUT2D eigenvalue weighted by atomic mass is 32.1. The lowest BCUT2D eigenvalue weighted by Gasteiger charge is -2.37. The summed E-state index contributed by atoms with van der Waals surface area (Å²) in [5.74, 6) is 1.21. The Bertz CT molecular complexity index is 1210. The van der Waals surface area contributed by atoms with E-state index in [1.54, 1.807) is 13.2 Å². The number of nitrogens with zero attached hydrogens (tertiary/aromatic N) is 3. The predicted molar refractivity (Wildman–Crippen MR) is 136 cm³/mol. The molecule has 0 saturated carbocycles. The van der Waals surface area contributed by atoms with Gasteiger partial charge in [0.15, 0.2) is 5.11 Å². The number of hydrogen-bond donors (Lipinski definition) is 1. The summed E-state index contributed by atoms with van der Waals surface area (Å²) in [7, 11) is 1.62. The third-order valence-electron chi connectivity index (χ3n) is 5.76. The molecule has 1 aromatic heterocycles. The molecule has 1 atom stereocenters. The van der Waals surface area contributed by atoms with Crippen LogP contribution in [0, 0.1) is 5.82 Å². The molecule has 184 valence electrons. The monoisotopic (exact) mass is 496 g/mol.